The molecule has 7 heteroatoms. The number of aryl methyl sites for hydroxylation is 1. The maximum absolute atomic E-state index is 12.3. The minimum Gasteiger partial charge on any atom is -0.352 e. The first kappa shape index (κ1) is 21.8. The summed E-state index contributed by atoms with van der Waals surface area (Å²) in [6.45, 7) is 7.88. The highest BCUT2D eigenvalue weighted by molar-refractivity contribution is 8.01. The Morgan fingerprint density at radius 2 is 2.00 bits per heavy atom. The summed E-state index contributed by atoms with van der Waals surface area (Å²) in [5, 5.41) is 9.05. The van der Waals surface area contributed by atoms with Crippen LogP contribution in [-0.4, -0.2) is 41.9 Å². The molecule has 0 aliphatic carbocycles. The van der Waals surface area contributed by atoms with Crippen LogP contribution in [0, 0.1) is 12.8 Å². The number of carbonyl (C=O) groups excluding carboxylic acids is 2. The lowest BCUT2D eigenvalue weighted by molar-refractivity contribution is -0.121. The number of halogens is 1. The molecule has 2 rings (SSSR count). The van der Waals surface area contributed by atoms with Crippen LogP contribution in [-0.2, 0) is 9.59 Å². The van der Waals surface area contributed by atoms with Gasteiger partial charge < -0.3 is 16.0 Å². The first-order valence-corrected chi connectivity index (χ1v) is 9.50. The van der Waals surface area contributed by atoms with E-state index in [0.29, 0.717) is 5.92 Å². The average molecular weight is 386 g/mol. The van der Waals surface area contributed by atoms with Crippen molar-refractivity contribution >= 4 is 41.7 Å². The summed E-state index contributed by atoms with van der Waals surface area (Å²) in [4.78, 5) is 24.3. The van der Waals surface area contributed by atoms with Gasteiger partial charge in [-0.05, 0) is 51.4 Å². The first-order valence-electron chi connectivity index (χ1n) is 8.45. The van der Waals surface area contributed by atoms with E-state index in [-0.39, 0.29) is 41.3 Å². The second-order valence-corrected chi connectivity index (χ2v) is 7.78. The lowest BCUT2D eigenvalue weighted by Gasteiger charge is -2.31. The van der Waals surface area contributed by atoms with Crippen LogP contribution in [0.1, 0.15) is 25.8 Å². The van der Waals surface area contributed by atoms with Crippen LogP contribution in [0.2, 0.25) is 0 Å². The molecule has 1 saturated heterocycles. The van der Waals surface area contributed by atoms with Crippen molar-refractivity contribution in [3.63, 3.8) is 0 Å². The third kappa shape index (κ3) is 7.26. The zero-order chi connectivity index (χ0) is 17.5. The van der Waals surface area contributed by atoms with E-state index in [4.69, 9.17) is 0 Å². The minimum absolute atomic E-state index is 0. The summed E-state index contributed by atoms with van der Waals surface area (Å²) in [6.07, 6.45) is 0.957. The molecule has 1 fully saturated rings. The fourth-order valence-electron chi connectivity index (χ4n) is 2.64. The van der Waals surface area contributed by atoms with Crippen LogP contribution in [0.25, 0.3) is 0 Å². The quantitative estimate of drug-likeness (QED) is 0.704. The Hall–Kier alpha value is -1.24. The van der Waals surface area contributed by atoms with Gasteiger partial charge in [-0.2, -0.15) is 0 Å². The molecule has 1 aromatic rings. The number of carbonyl (C=O) groups is 2. The highest BCUT2D eigenvalue weighted by Crippen LogP contribution is 2.15. The molecule has 3 atom stereocenters. The van der Waals surface area contributed by atoms with Crippen LogP contribution >= 0.6 is 24.2 Å². The number of benzene rings is 1. The van der Waals surface area contributed by atoms with Gasteiger partial charge in [-0.25, -0.2) is 0 Å². The second-order valence-electron chi connectivity index (χ2n) is 6.45. The van der Waals surface area contributed by atoms with Crippen molar-refractivity contribution in [3.8, 4) is 0 Å². The Morgan fingerprint density at radius 3 is 2.64 bits per heavy atom. The van der Waals surface area contributed by atoms with Crippen molar-refractivity contribution in [2.45, 2.75) is 38.5 Å². The molecule has 1 aliphatic heterocycles. The summed E-state index contributed by atoms with van der Waals surface area (Å²) >= 11 is 1.37. The Balaban J connectivity index is 0.00000312. The molecule has 1 heterocycles. The zero-order valence-electron chi connectivity index (χ0n) is 15.0. The predicted octanol–water partition coefficient (Wildman–Crippen LogP) is 2.59. The molecule has 0 bridgehead atoms. The number of amides is 2. The van der Waals surface area contributed by atoms with Crippen molar-refractivity contribution < 1.29 is 9.59 Å². The van der Waals surface area contributed by atoms with Gasteiger partial charge in [0.05, 0.1) is 11.0 Å². The minimum atomic E-state index is -0.240. The van der Waals surface area contributed by atoms with Gasteiger partial charge in [0.2, 0.25) is 11.8 Å². The third-order valence-electron chi connectivity index (χ3n) is 4.28. The lowest BCUT2D eigenvalue weighted by Crippen LogP contribution is -2.50. The van der Waals surface area contributed by atoms with Crippen molar-refractivity contribution in [2.24, 2.45) is 5.92 Å². The van der Waals surface area contributed by atoms with E-state index < -0.39 is 0 Å². The van der Waals surface area contributed by atoms with Crippen molar-refractivity contribution in [1.29, 1.82) is 0 Å². The molecule has 1 aliphatic rings. The number of rotatable bonds is 6. The van der Waals surface area contributed by atoms with Gasteiger partial charge >= 0.3 is 0 Å². The molecule has 0 saturated carbocycles. The molecular weight excluding hydrogens is 358 g/mol. The summed E-state index contributed by atoms with van der Waals surface area (Å²) in [6, 6.07) is 7.90. The van der Waals surface area contributed by atoms with Gasteiger partial charge in [0.25, 0.3) is 0 Å². The van der Waals surface area contributed by atoms with E-state index in [1.54, 1.807) is 0 Å². The van der Waals surface area contributed by atoms with Gasteiger partial charge in [0.1, 0.15) is 0 Å². The van der Waals surface area contributed by atoms with E-state index in [1.807, 2.05) is 38.1 Å². The Morgan fingerprint density at radius 1 is 1.32 bits per heavy atom. The van der Waals surface area contributed by atoms with Crippen LogP contribution < -0.4 is 16.0 Å². The maximum atomic E-state index is 12.3. The highest BCUT2D eigenvalue weighted by atomic mass is 35.5. The smallest absolute Gasteiger partial charge is 0.234 e. The van der Waals surface area contributed by atoms with Gasteiger partial charge in [-0.1, -0.05) is 24.6 Å². The fourth-order valence-corrected chi connectivity index (χ4v) is 3.33. The van der Waals surface area contributed by atoms with Gasteiger partial charge in [-0.15, -0.1) is 24.2 Å². The highest BCUT2D eigenvalue weighted by Gasteiger charge is 2.25. The molecule has 1 aromatic carbocycles. The van der Waals surface area contributed by atoms with E-state index in [1.165, 1.54) is 11.8 Å². The van der Waals surface area contributed by atoms with Crippen LogP contribution in [0.3, 0.4) is 0 Å². The number of hydrogen-bond acceptors (Lipinski definition) is 4. The van der Waals surface area contributed by atoms with E-state index in [2.05, 4.69) is 22.9 Å². The Bertz CT molecular complexity index is 568. The Labute approximate surface area is 160 Å². The molecule has 2 amide bonds. The van der Waals surface area contributed by atoms with Crippen molar-refractivity contribution in [2.75, 3.05) is 24.2 Å². The molecule has 0 radical (unpaired) electrons. The predicted molar refractivity (Wildman–Crippen MR) is 108 cm³/mol. The van der Waals surface area contributed by atoms with Crippen molar-refractivity contribution in [3.05, 3.63) is 29.8 Å². The van der Waals surface area contributed by atoms with Crippen LogP contribution in [0.4, 0.5) is 5.69 Å². The first-order chi connectivity index (χ1) is 11.5. The molecule has 0 spiro atoms. The monoisotopic (exact) mass is 385 g/mol. The lowest BCUT2D eigenvalue weighted by atomic mass is 9.95. The van der Waals surface area contributed by atoms with Crippen molar-refractivity contribution in [1.82, 2.24) is 10.6 Å². The maximum Gasteiger partial charge on any atom is 0.234 e. The average Bonchev–Trinajstić information content (AvgIpc) is 2.56. The molecule has 0 aromatic heterocycles. The summed E-state index contributed by atoms with van der Waals surface area (Å²) in [5.74, 6) is 0.634. The zero-order valence-corrected chi connectivity index (χ0v) is 16.6. The molecule has 25 heavy (non-hydrogen) atoms. The third-order valence-corrected chi connectivity index (χ3v) is 5.42. The summed E-state index contributed by atoms with van der Waals surface area (Å²) < 4.78 is 0. The van der Waals surface area contributed by atoms with Gasteiger partial charge in [-0.3, -0.25) is 9.59 Å². The number of piperidine rings is 1. The summed E-state index contributed by atoms with van der Waals surface area (Å²) in [5.41, 5.74) is 1.94. The number of hydrogen-bond donors (Lipinski definition) is 3. The fraction of sp³-hybridized carbons (Fsp3) is 0.556. The Kier molecular flexibility index (Phi) is 9.32. The molecule has 3 unspecified atom stereocenters. The van der Waals surface area contributed by atoms with E-state index >= 15 is 0 Å². The van der Waals surface area contributed by atoms with Gasteiger partial charge in [0.15, 0.2) is 0 Å². The molecule has 3 N–H and O–H groups in total. The largest absolute Gasteiger partial charge is 0.352 e. The molecular formula is C18H28ClN3O2S. The topological polar surface area (TPSA) is 70.2 Å². The summed E-state index contributed by atoms with van der Waals surface area (Å²) in [7, 11) is 0. The number of nitrogens with one attached hydrogen (secondary N) is 3. The van der Waals surface area contributed by atoms with E-state index in [9.17, 15) is 9.59 Å². The van der Waals surface area contributed by atoms with E-state index in [0.717, 1.165) is 30.8 Å². The second kappa shape index (κ2) is 10.7. The number of anilines is 1. The normalized spacial score (nSPS) is 20.9. The SMILES string of the molecule is Cc1ccc(NC(=O)CSC(C)C(=O)NC2CCNCC2C)cc1.Cl. The number of thioether (sulfide) groups is 1. The van der Waals surface area contributed by atoms with Gasteiger partial charge in [0, 0.05) is 11.7 Å². The molecule has 5 nitrogen and oxygen atoms in total. The standard InChI is InChI=1S/C18H27N3O2S.ClH/c1-12-4-6-15(7-5-12)20-17(22)11-24-14(3)18(23)21-16-8-9-19-10-13(16)2;/h4-7,13-14,16,19H,8-11H2,1-3H3,(H,20,22)(H,21,23);1H. The molecule has 140 valence electrons. The van der Waals surface area contributed by atoms with Crippen LogP contribution in [0.5, 0.6) is 0 Å². The van der Waals surface area contributed by atoms with Crippen LogP contribution in [0.15, 0.2) is 24.3 Å².